The third-order valence-corrected chi connectivity index (χ3v) is 6.50. The Hall–Kier alpha value is -3.62. The quantitative estimate of drug-likeness (QED) is 0.477. The van der Waals surface area contributed by atoms with Crippen molar-refractivity contribution in [3.05, 3.63) is 68.3 Å². The lowest BCUT2D eigenvalue weighted by Gasteiger charge is -2.42. The molecule has 1 fully saturated rings. The molecule has 9 nitrogen and oxygen atoms in total. The average Bonchev–Trinajstić information content (AvgIpc) is 3.09. The van der Waals surface area contributed by atoms with Crippen LogP contribution in [0.3, 0.4) is 0 Å². The van der Waals surface area contributed by atoms with Crippen molar-refractivity contribution in [2.24, 2.45) is 13.0 Å². The highest BCUT2D eigenvalue weighted by Gasteiger charge is 2.38. The second-order valence-corrected chi connectivity index (χ2v) is 8.36. The summed E-state index contributed by atoms with van der Waals surface area (Å²) in [5, 5.41) is 12.0. The molecule has 0 spiro atoms. The number of piperidine rings is 1. The third-order valence-electron chi connectivity index (χ3n) is 6.50. The molecule has 0 aliphatic carbocycles. The van der Waals surface area contributed by atoms with E-state index in [0.29, 0.717) is 30.9 Å². The minimum atomic E-state index is -0.634. The van der Waals surface area contributed by atoms with Crippen LogP contribution in [-0.4, -0.2) is 45.1 Å². The minimum absolute atomic E-state index is 0.0190. The van der Waals surface area contributed by atoms with Crippen molar-refractivity contribution in [2.45, 2.75) is 18.9 Å². The Kier molecular flexibility index (Phi) is 4.35. The predicted octanol–water partition coefficient (Wildman–Crippen LogP) is 2.52. The number of nitro groups is 1. The normalized spacial score (nSPS) is 19.9. The van der Waals surface area contributed by atoms with E-state index in [2.05, 4.69) is 0 Å². The summed E-state index contributed by atoms with van der Waals surface area (Å²) < 4.78 is 8.80. The second-order valence-electron chi connectivity index (χ2n) is 8.36. The van der Waals surface area contributed by atoms with Gasteiger partial charge in [-0.2, -0.15) is 0 Å². The Morgan fingerprint density at radius 2 is 2.00 bits per heavy atom. The lowest BCUT2D eigenvalue weighted by atomic mass is 9.83. The number of carbonyl (C=O) groups is 1. The number of aromatic nitrogens is 2. The van der Waals surface area contributed by atoms with Crippen LogP contribution in [0.4, 0.5) is 5.69 Å². The van der Waals surface area contributed by atoms with E-state index in [1.54, 1.807) is 13.2 Å². The number of hydrogen-bond donors (Lipinski definition) is 0. The Morgan fingerprint density at radius 3 is 2.74 bits per heavy atom. The molecular weight excluding hydrogens is 400 g/mol. The van der Waals surface area contributed by atoms with E-state index in [-0.39, 0.29) is 17.7 Å². The number of amides is 1. The van der Waals surface area contributed by atoms with E-state index in [9.17, 15) is 19.7 Å². The summed E-state index contributed by atoms with van der Waals surface area (Å²) in [6.07, 6.45) is 2.71. The third kappa shape index (κ3) is 2.99. The molecule has 31 heavy (non-hydrogen) atoms. The molecule has 1 saturated heterocycles. The maximum Gasteiger partial charge on any atom is 0.334 e. The van der Waals surface area contributed by atoms with Gasteiger partial charge in [-0.15, -0.1) is 0 Å². The van der Waals surface area contributed by atoms with E-state index >= 15 is 0 Å². The summed E-state index contributed by atoms with van der Waals surface area (Å²) in [7, 11) is 3.51. The van der Waals surface area contributed by atoms with Crippen molar-refractivity contribution in [3.8, 4) is 5.75 Å². The zero-order valence-corrected chi connectivity index (χ0v) is 17.3. The molecule has 1 amide bonds. The molecule has 4 heterocycles. The van der Waals surface area contributed by atoms with Crippen LogP contribution < -0.4 is 10.3 Å². The smallest absolute Gasteiger partial charge is 0.334 e. The Bertz CT molecular complexity index is 1290. The molecule has 2 aliphatic heterocycles. The number of benzene rings is 1. The van der Waals surface area contributed by atoms with E-state index < -0.39 is 16.2 Å². The van der Waals surface area contributed by atoms with Crippen LogP contribution in [0, 0.1) is 16.0 Å². The summed E-state index contributed by atoms with van der Waals surface area (Å²) in [4.78, 5) is 38.4. The van der Waals surface area contributed by atoms with Crippen molar-refractivity contribution in [1.29, 1.82) is 0 Å². The molecule has 2 bridgehead atoms. The molecule has 0 N–H and O–H groups in total. The first-order chi connectivity index (χ1) is 14.9. The monoisotopic (exact) mass is 422 g/mol. The lowest BCUT2D eigenvalue weighted by molar-refractivity contribution is -0.386. The van der Waals surface area contributed by atoms with Gasteiger partial charge in [0.15, 0.2) is 0 Å². The van der Waals surface area contributed by atoms with Crippen LogP contribution in [0.2, 0.25) is 0 Å². The van der Waals surface area contributed by atoms with Gasteiger partial charge in [0.1, 0.15) is 5.75 Å². The number of ether oxygens (including phenoxy) is 1. The van der Waals surface area contributed by atoms with E-state index in [1.165, 1.54) is 10.6 Å². The molecule has 9 heteroatoms. The molecule has 160 valence electrons. The molecule has 1 unspecified atom stereocenters. The van der Waals surface area contributed by atoms with Crippen LogP contribution >= 0.6 is 0 Å². The fourth-order valence-corrected chi connectivity index (χ4v) is 5.08. The van der Waals surface area contributed by atoms with E-state index in [4.69, 9.17) is 4.74 Å². The molecular formula is C22H22N4O5. The Morgan fingerprint density at radius 1 is 1.19 bits per heavy atom. The summed E-state index contributed by atoms with van der Waals surface area (Å²) in [5.41, 5.74) is 1.38. The van der Waals surface area contributed by atoms with Gasteiger partial charge in [-0.25, -0.2) is 0 Å². The fourth-order valence-electron chi connectivity index (χ4n) is 5.08. The molecule has 2 aromatic heterocycles. The number of aryl methyl sites for hydroxylation is 1. The lowest BCUT2D eigenvalue weighted by Crippen LogP contribution is -2.49. The van der Waals surface area contributed by atoms with E-state index in [1.807, 2.05) is 40.9 Å². The van der Waals surface area contributed by atoms with Gasteiger partial charge >= 0.3 is 11.2 Å². The van der Waals surface area contributed by atoms with Crippen molar-refractivity contribution in [2.75, 3.05) is 20.2 Å². The highest BCUT2D eigenvalue weighted by atomic mass is 16.6. The maximum atomic E-state index is 13.5. The van der Waals surface area contributed by atoms with Crippen LogP contribution in [0.15, 0.2) is 41.3 Å². The Balaban J connectivity index is 1.49. The SMILES string of the molecule is COc1ccc2c(c1)c(C(=O)N1CC3C[C@H](C1)Cn1c3ccc([N+](=O)[O-])c1=O)cn2C. The van der Waals surface area contributed by atoms with Gasteiger partial charge in [0.25, 0.3) is 5.91 Å². The standard InChI is InChI=1S/C22H22N4O5/c1-23-12-17(16-8-15(31-2)3-4-19(16)23)21(27)24-9-13-7-14(11-24)18-5-6-20(26(29)30)22(28)25(18)10-13/h3-6,8,12-14H,7,9-11H2,1-2H3/t13-,14?/m1/s1. The molecule has 2 atom stereocenters. The zero-order chi connectivity index (χ0) is 21.9. The van der Waals surface area contributed by atoms with Gasteiger partial charge in [0.2, 0.25) is 0 Å². The zero-order valence-electron chi connectivity index (χ0n) is 17.3. The fraction of sp³-hybridized carbons (Fsp3) is 0.364. The van der Waals surface area contributed by atoms with Gasteiger partial charge < -0.3 is 18.8 Å². The topological polar surface area (TPSA) is 99.6 Å². The van der Waals surface area contributed by atoms with Crippen LogP contribution in [0.5, 0.6) is 5.75 Å². The summed E-state index contributed by atoms with van der Waals surface area (Å²) >= 11 is 0. The number of carbonyl (C=O) groups excluding carboxylic acids is 1. The number of methoxy groups -OCH3 is 1. The van der Waals surface area contributed by atoms with Gasteiger partial charge in [-0.1, -0.05) is 0 Å². The van der Waals surface area contributed by atoms with Crippen molar-refractivity contribution in [3.63, 3.8) is 0 Å². The van der Waals surface area contributed by atoms with E-state index in [0.717, 1.165) is 23.0 Å². The summed E-state index contributed by atoms with van der Waals surface area (Å²) in [5.74, 6) is 0.707. The summed E-state index contributed by atoms with van der Waals surface area (Å²) in [6, 6.07) is 8.63. The highest BCUT2D eigenvalue weighted by Crippen LogP contribution is 2.37. The van der Waals surface area contributed by atoms with Crippen molar-refractivity contribution in [1.82, 2.24) is 14.0 Å². The molecule has 0 radical (unpaired) electrons. The molecule has 2 aliphatic rings. The Labute approximate surface area is 177 Å². The first-order valence-corrected chi connectivity index (χ1v) is 10.2. The number of fused-ring (bicyclic) bond motifs is 5. The number of rotatable bonds is 3. The molecule has 5 rings (SSSR count). The van der Waals surface area contributed by atoms with Crippen LogP contribution in [0.25, 0.3) is 10.9 Å². The first kappa shape index (κ1) is 19.3. The minimum Gasteiger partial charge on any atom is -0.497 e. The molecule has 1 aromatic carbocycles. The molecule has 3 aromatic rings. The predicted molar refractivity (Wildman–Crippen MR) is 114 cm³/mol. The largest absolute Gasteiger partial charge is 0.497 e. The maximum absolute atomic E-state index is 13.5. The second kappa shape index (κ2) is 6.97. The van der Waals surface area contributed by atoms with Crippen LogP contribution in [-0.2, 0) is 13.6 Å². The highest BCUT2D eigenvalue weighted by molar-refractivity contribution is 6.07. The number of hydrogen-bond acceptors (Lipinski definition) is 5. The van der Waals surface area contributed by atoms with Gasteiger partial charge in [0.05, 0.1) is 17.6 Å². The van der Waals surface area contributed by atoms with Crippen molar-refractivity contribution >= 4 is 22.5 Å². The van der Waals surface area contributed by atoms with Crippen LogP contribution in [0.1, 0.15) is 28.4 Å². The molecule has 0 saturated carbocycles. The van der Waals surface area contributed by atoms with Crippen molar-refractivity contribution < 1.29 is 14.5 Å². The average molecular weight is 422 g/mol. The van der Waals surface area contributed by atoms with Gasteiger partial charge in [-0.05, 0) is 36.6 Å². The van der Waals surface area contributed by atoms with Gasteiger partial charge in [-0.3, -0.25) is 19.7 Å². The number of pyridine rings is 1. The number of nitrogens with zero attached hydrogens (tertiary/aromatic N) is 4. The van der Waals surface area contributed by atoms with Gasteiger partial charge in [0, 0.05) is 61.5 Å². The number of likely N-dealkylation sites (tertiary alicyclic amines) is 1. The first-order valence-electron chi connectivity index (χ1n) is 10.2. The summed E-state index contributed by atoms with van der Waals surface area (Å²) in [6.45, 7) is 1.39.